The highest BCUT2D eigenvalue weighted by Gasteiger charge is 2.04. The van der Waals surface area contributed by atoms with Crippen LogP contribution in [0.4, 0.5) is 4.39 Å². The van der Waals surface area contributed by atoms with Gasteiger partial charge in [0, 0.05) is 41.5 Å². The molecule has 0 saturated heterocycles. The van der Waals surface area contributed by atoms with Crippen LogP contribution >= 0.6 is 11.3 Å². The lowest BCUT2D eigenvalue weighted by atomic mass is 10.1. The molecule has 0 aliphatic carbocycles. The van der Waals surface area contributed by atoms with Crippen molar-refractivity contribution in [2.45, 2.75) is 12.8 Å². The summed E-state index contributed by atoms with van der Waals surface area (Å²) in [6.07, 6.45) is 3.62. The van der Waals surface area contributed by atoms with Crippen LogP contribution in [0.5, 0.6) is 0 Å². The predicted octanol–water partition coefficient (Wildman–Crippen LogP) is 3.06. The van der Waals surface area contributed by atoms with E-state index in [2.05, 4.69) is 26.7 Å². The summed E-state index contributed by atoms with van der Waals surface area (Å²) < 4.78 is 13.2. The number of aromatic amines is 1. The monoisotopic (exact) mass is 330 g/mol. The van der Waals surface area contributed by atoms with Gasteiger partial charge in [-0.25, -0.2) is 4.39 Å². The van der Waals surface area contributed by atoms with Gasteiger partial charge in [0.25, 0.3) is 0 Å². The van der Waals surface area contributed by atoms with Crippen LogP contribution in [0, 0.1) is 5.82 Å². The molecule has 2 heterocycles. The number of nitrogens with one attached hydrogen (secondary N) is 2. The van der Waals surface area contributed by atoms with Crippen LogP contribution in [0.2, 0.25) is 0 Å². The summed E-state index contributed by atoms with van der Waals surface area (Å²) in [6.45, 7) is 1.38. The number of nitrogens with zero attached hydrogens (tertiary/aromatic N) is 1. The second-order valence-electron chi connectivity index (χ2n) is 5.28. The summed E-state index contributed by atoms with van der Waals surface area (Å²) in [6, 6.07) is 8.93. The molecule has 1 aromatic carbocycles. The van der Waals surface area contributed by atoms with Crippen LogP contribution in [0.1, 0.15) is 10.4 Å². The van der Waals surface area contributed by atoms with Gasteiger partial charge in [0.1, 0.15) is 5.82 Å². The smallest absolute Gasteiger partial charge is 0.188 e. The minimum Gasteiger partial charge on any atom is -0.370 e. The molecular weight excluding hydrogens is 311 g/mol. The van der Waals surface area contributed by atoms with E-state index < -0.39 is 0 Å². The number of fused-ring (bicyclic) bond motifs is 1. The zero-order valence-corrected chi connectivity index (χ0v) is 13.5. The summed E-state index contributed by atoms with van der Waals surface area (Å²) >= 11 is 1.73. The van der Waals surface area contributed by atoms with Gasteiger partial charge in [-0.1, -0.05) is 6.07 Å². The Morgan fingerprint density at radius 1 is 1.30 bits per heavy atom. The Morgan fingerprint density at radius 3 is 3.04 bits per heavy atom. The number of nitrogens with two attached hydrogens (primary N) is 1. The Hall–Kier alpha value is -2.34. The van der Waals surface area contributed by atoms with E-state index in [0.717, 1.165) is 29.3 Å². The Balaban J connectivity index is 1.48. The van der Waals surface area contributed by atoms with Gasteiger partial charge >= 0.3 is 0 Å². The number of aromatic nitrogens is 1. The molecule has 6 heteroatoms. The Kier molecular flexibility index (Phi) is 4.92. The van der Waals surface area contributed by atoms with E-state index in [9.17, 15) is 4.39 Å². The largest absolute Gasteiger partial charge is 0.370 e. The average molecular weight is 330 g/mol. The number of rotatable bonds is 6. The number of aliphatic imine (C=N–C) groups is 1. The molecule has 0 unspecified atom stereocenters. The van der Waals surface area contributed by atoms with E-state index in [4.69, 9.17) is 5.73 Å². The van der Waals surface area contributed by atoms with E-state index in [1.54, 1.807) is 17.4 Å². The quantitative estimate of drug-likeness (QED) is 0.480. The third kappa shape index (κ3) is 4.10. The molecule has 4 nitrogen and oxygen atoms in total. The summed E-state index contributed by atoms with van der Waals surface area (Å²) in [5.41, 5.74) is 7.83. The lowest BCUT2D eigenvalue weighted by Gasteiger charge is -2.05. The predicted molar refractivity (Wildman–Crippen MR) is 94.5 cm³/mol. The number of hydrogen-bond acceptors (Lipinski definition) is 2. The van der Waals surface area contributed by atoms with Crippen LogP contribution in [0.3, 0.4) is 0 Å². The first-order valence-corrected chi connectivity index (χ1v) is 8.42. The van der Waals surface area contributed by atoms with E-state index in [1.807, 2.05) is 12.3 Å². The molecule has 120 valence electrons. The maximum Gasteiger partial charge on any atom is 0.188 e. The fraction of sp³-hybridized carbons (Fsp3) is 0.235. The second-order valence-corrected chi connectivity index (χ2v) is 6.31. The van der Waals surface area contributed by atoms with Gasteiger partial charge in [0.2, 0.25) is 0 Å². The second kappa shape index (κ2) is 7.28. The van der Waals surface area contributed by atoms with Crippen LogP contribution in [-0.2, 0) is 12.8 Å². The van der Waals surface area contributed by atoms with Crippen molar-refractivity contribution in [1.82, 2.24) is 10.3 Å². The normalized spacial score (nSPS) is 12.0. The molecule has 2 aromatic heterocycles. The average Bonchev–Trinajstić information content (AvgIpc) is 3.17. The first-order chi connectivity index (χ1) is 11.2. The number of guanidine groups is 1. The molecule has 23 heavy (non-hydrogen) atoms. The van der Waals surface area contributed by atoms with Crippen molar-refractivity contribution in [1.29, 1.82) is 0 Å². The minimum absolute atomic E-state index is 0.230. The van der Waals surface area contributed by atoms with Gasteiger partial charge in [-0.2, -0.15) is 0 Å². The molecule has 0 spiro atoms. The molecule has 3 aromatic rings. The molecular formula is C17H19FN4S. The zero-order valence-electron chi connectivity index (χ0n) is 12.7. The SMILES string of the molecule is NC(=NCCc1cccs1)NCCc1c[nH]c2cc(F)ccc12. The first kappa shape index (κ1) is 15.6. The summed E-state index contributed by atoms with van der Waals surface area (Å²) in [7, 11) is 0. The topological polar surface area (TPSA) is 66.2 Å². The van der Waals surface area contributed by atoms with Gasteiger partial charge in [-0.3, -0.25) is 4.99 Å². The van der Waals surface area contributed by atoms with E-state index in [-0.39, 0.29) is 5.82 Å². The standard InChI is InChI=1S/C17H19FN4S/c18-13-3-4-15-12(11-22-16(15)10-13)5-7-20-17(19)21-8-6-14-2-1-9-23-14/h1-4,9-11,22H,5-8H2,(H3,19,20,21). The Bertz CT molecular complexity index is 792. The van der Waals surface area contributed by atoms with E-state index >= 15 is 0 Å². The minimum atomic E-state index is -0.230. The van der Waals surface area contributed by atoms with Crippen molar-refractivity contribution in [2.75, 3.05) is 13.1 Å². The van der Waals surface area contributed by atoms with Gasteiger partial charge in [0.15, 0.2) is 5.96 Å². The van der Waals surface area contributed by atoms with Crippen molar-refractivity contribution in [2.24, 2.45) is 10.7 Å². The van der Waals surface area contributed by atoms with Crippen LogP contribution in [0.25, 0.3) is 10.9 Å². The maximum absolute atomic E-state index is 13.2. The summed E-state index contributed by atoms with van der Waals surface area (Å²) in [4.78, 5) is 8.73. The van der Waals surface area contributed by atoms with Crippen molar-refractivity contribution in [3.63, 3.8) is 0 Å². The fourth-order valence-electron chi connectivity index (χ4n) is 2.49. The van der Waals surface area contributed by atoms with Gasteiger partial charge in [-0.05, 0) is 41.6 Å². The molecule has 0 radical (unpaired) electrons. The third-order valence-electron chi connectivity index (χ3n) is 3.65. The Morgan fingerprint density at radius 2 is 2.22 bits per heavy atom. The number of H-pyrrole nitrogens is 1. The number of thiophene rings is 1. The zero-order chi connectivity index (χ0) is 16.1. The highest BCUT2D eigenvalue weighted by atomic mass is 32.1. The first-order valence-electron chi connectivity index (χ1n) is 7.54. The molecule has 0 bridgehead atoms. The molecule has 0 amide bonds. The van der Waals surface area contributed by atoms with E-state index in [1.165, 1.54) is 17.0 Å². The Labute approximate surface area is 138 Å². The lowest BCUT2D eigenvalue weighted by molar-refractivity contribution is 0.629. The van der Waals surface area contributed by atoms with Gasteiger partial charge in [-0.15, -0.1) is 11.3 Å². The fourth-order valence-corrected chi connectivity index (χ4v) is 3.19. The maximum atomic E-state index is 13.2. The van der Waals surface area contributed by atoms with Crippen molar-refractivity contribution in [3.8, 4) is 0 Å². The van der Waals surface area contributed by atoms with E-state index in [0.29, 0.717) is 19.0 Å². The summed E-state index contributed by atoms with van der Waals surface area (Å²) in [5.74, 6) is 0.235. The molecule has 0 saturated carbocycles. The molecule has 0 aliphatic rings. The number of hydrogen-bond donors (Lipinski definition) is 3. The van der Waals surface area contributed by atoms with Crippen molar-refractivity contribution in [3.05, 3.63) is 58.2 Å². The van der Waals surface area contributed by atoms with Crippen molar-refractivity contribution < 1.29 is 4.39 Å². The highest BCUT2D eigenvalue weighted by Crippen LogP contribution is 2.19. The number of halogens is 1. The molecule has 0 aliphatic heterocycles. The van der Waals surface area contributed by atoms with Crippen LogP contribution < -0.4 is 11.1 Å². The number of benzene rings is 1. The van der Waals surface area contributed by atoms with Gasteiger partial charge in [0.05, 0.1) is 0 Å². The summed E-state index contributed by atoms with van der Waals surface area (Å²) in [5, 5.41) is 6.23. The lowest BCUT2D eigenvalue weighted by Crippen LogP contribution is -2.33. The molecule has 4 N–H and O–H groups in total. The molecule has 0 atom stereocenters. The third-order valence-corrected chi connectivity index (χ3v) is 4.59. The van der Waals surface area contributed by atoms with Crippen LogP contribution in [-0.4, -0.2) is 24.0 Å². The molecule has 3 rings (SSSR count). The highest BCUT2D eigenvalue weighted by molar-refractivity contribution is 7.09. The van der Waals surface area contributed by atoms with Crippen molar-refractivity contribution >= 4 is 28.2 Å². The van der Waals surface area contributed by atoms with Crippen LogP contribution in [0.15, 0.2) is 46.9 Å². The molecule has 0 fully saturated rings. The van der Waals surface area contributed by atoms with Gasteiger partial charge < -0.3 is 16.0 Å².